The lowest BCUT2D eigenvalue weighted by molar-refractivity contribution is -0.132. The van der Waals surface area contributed by atoms with Gasteiger partial charge in [0.05, 0.1) is 0 Å². The monoisotopic (exact) mass is 164 g/mol. The van der Waals surface area contributed by atoms with Crippen LogP contribution < -0.4 is 4.65 Å². The zero-order valence-electron chi connectivity index (χ0n) is 6.82. The molecule has 62 valence electrons. The minimum absolute atomic E-state index is 0.0284. The van der Waals surface area contributed by atoms with Crippen LogP contribution in [0.1, 0.15) is 6.92 Å². The molecule has 0 aliphatic rings. The SMILES string of the molecule is CC(=O)OBOc1ccccc1. The summed E-state index contributed by atoms with van der Waals surface area (Å²) in [5.41, 5.74) is 0. The Labute approximate surface area is 71.6 Å². The van der Waals surface area contributed by atoms with Crippen molar-refractivity contribution in [2.75, 3.05) is 0 Å². The number of carbonyl (C=O) groups excluding carboxylic acids is 1. The molecule has 4 heteroatoms. The molecule has 0 amide bonds. The van der Waals surface area contributed by atoms with Crippen LogP contribution in [0.3, 0.4) is 0 Å². The fraction of sp³-hybridized carbons (Fsp3) is 0.125. The molecule has 12 heavy (non-hydrogen) atoms. The summed E-state index contributed by atoms with van der Waals surface area (Å²) in [4.78, 5) is 10.3. The van der Waals surface area contributed by atoms with Gasteiger partial charge in [-0.1, -0.05) is 18.2 Å². The van der Waals surface area contributed by atoms with E-state index in [1.54, 1.807) is 12.1 Å². The van der Waals surface area contributed by atoms with Crippen LogP contribution in [-0.4, -0.2) is 13.7 Å². The van der Waals surface area contributed by atoms with E-state index in [1.807, 2.05) is 18.2 Å². The van der Waals surface area contributed by atoms with E-state index in [0.717, 1.165) is 0 Å². The Balaban J connectivity index is 2.29. The molecule has 0 aliphatic heterocycles. The molecule has 0 saturated heterocycles. The summed E-state index contributed by atoms with van der Waals surface area (Å²) in [6.45, 7) is 1.34. The van der Waals surface area contributed by atoms with Gasteiger partial charge in [-0.2, -0.15) is 0 Å². The van der Waals surface area contributed by atoms with Gasteiger partial charge >= 0.3 is 7.69 Å². The second-order valence-electron chi connectivity index (χ2n) is 2.21. The highest BCUT2D eigenvalue weighted by molar-refractivity contribution is 6.23. The van der Waals surface area contributed by atoms with Crippen LogP contribution in [-0.2, 0) is 9.45 Å². The van der Waals surface area contributed by atoms with Crippen molar-refractivity contribution >= 4 is 13.7 Å². The van der Waals surface area contributed by atoms with Gasteiger partial charge < -0.3 is 9.31 Å². The molecule has 1 aromatic rings. The van der Waals surface area contributed by atoms with E-state index in [1.165, 1.54) is 6.92 Å². The third kappa shape index (κ3) is 3.10. The van der Waals surface area contributed by atoms with Gasteiger partial charge in [0, 0.05) is 6.92 Å². The van der Waals surface area contributed by atoms with Crippen molar-refractivity contribution in [3.8, 4) is 5.75 Å². The van der Waals surface area contributed by atoms with Crippen molar-refractivity contribution in [3.05, 3.63) is 30.3 Å². The quantitative estimate of drug-likeness (QED) is 0.622. The summed E-state index contributed by atoms with van der Waals surface area (Å²) < 4.78 is 9.66. The van der Waals surface area contributed by atoms with Crippen molar-refractivity contribution < 1.29 is 14.1 Å². The van der Waals surface area contributed by atoms with E-state index in [-0.39, 0.29) is 13.7 Å². The third-order valence-corrected chi connectivity index (χ3v) is 1.23. The minimum atomic E-state index is -0.342. The van der Waals surface area contributed by atoms with E-state index >= 15 is 0 Å². The van der Waals surface area contributed by atoms with Gasteiger partial charge in [0.1, 0.15) is 5.75 Å². The molecule has 0 aromatic heterocycles. The average molecular weight is 164 g/mol. The molecule has 0 atom stereocenters. The fourth-order valence-electron chi connectivity index (χ4n) is 0.697. The van der Waals surface area contributed by atoms with Crippen molar-refractivity contribution in [2.24, 2.45) is 0 Å². The van der Waals surface area contributed by atoms with Crippen molar-refractivity contribution in [1.29, 1.82) is 0 Å². The number of carbonyl (C=O) groups is 1. The normalized spacial score (nSPS) is 8.75. The molecule has 3 nitrogen and oxygen atoms in total. The first-order chi connectivity index (χ1) is 5.79. The Hall–Kier alpha value is -1.45. The topological polar surface area (TPSA) is 35.5 Å². The molecule has 0 aliphatic carbocycles. The Kier molecular flexibility index (Phi) is 3.20. The largest absolute Gasteiger partial charge is 0.578 e. The Morgan fingerprint density at radius 2 is 2.00 bits per heavy atom. The van der Waals surface area contributed by atoms with E-state index in [0.29, 0.717) is 5.75 Å². The smallest absolute Gasteiger partial charge is 0.528 e. The summed E-state index contributed by atoms with van der Waals surface area (Å²) in [7, 11) is -0.0284. The van der Waals surface area contributed by atoms with Crippen LogP contribution in [0, 0.1) is 0 Å². The lowest BCUT2D eigenvalue weighted by atomic mass is 10.3. The molecule has 0 fully saturated rings. The highest BCUT2D eigenvalue weighted by atomic mass is 16.6. The fourth-order valence-corrected chi connectivity index (χ4v) is 0.697. The molecule has 0 unspecified atom stereocenters. The van der Waals surface area contributed by atoms with E-state index in [2.05, 4.69) is 4.65 Å². The van der Waals surface area contributed by atoms with E-state index in [4.69, 9.17) is 4.65 Å². The predicted molar refractivity (Wildman–Crippen MR) is 46.0 cm³/mol. The van der Waals surface area contributed by atoms with Gasteiger partial charge in [-0.15, -0.1) is 0 Å². The maximum Gasteiger partial charge on any atom is 0.578 e. The van der Waals surface area contributed by atoms with Crippen LogP contribution in [0.2, 0.25) is 0 Å². The lowest BCUT2D eigenvalue weighted by Crippen LogP contribution is -2.10. The standard InChI is InChI=1S/C8H9BO3/c1-7(10)11-9-12-8-5-3-2-4-6-8/h2-6,9H,1H3. The van der Waals surface area contributed by atoms with E-state index in [9.17, 15) is 4.79 Å². The van der Waals surface area contributed by atoms with E-state index < -0.39 is 0 Å². The Morgan fingerprint density at radius 1 is 1.33 bits per heavy atom. The number of hydrogen-bond donors (Lipinski definition) is 0. The minimum Gasteiger partial charge on any atom is -0.528 e. The maximum atomic E-state index is 10.3. The van der Waals surface area contributed by atoms with Gasteiger partial charge in [-0.3, -0.25) is 4.79 Å². The second-order valence-corrected chi connectivity index (χ2v) is 2.21. The summed E-state index contributed by atoms with van der Waals surface area (Å²) in [6.07, 6.45) is 0. The molecule has 0 saturated carbocycles. The van der Waals surface area contributed by atoms with Gasteiger partial charge in [0.25, 0.3) is 5.97 Å². The number of benzene rings is 1. The summed E-state index contributed by atoms with van der Waals surface area (Å²) >= 11 is 0. The van der Waals surface area contributed by atoms with Gasteiger partial charge in [0.2, 0.25) is 0 Å². The molecular weight excluding hydrogens is 155 g/mol. The van der Waals surface area contributed by atoms with Crippen LogP contribution in [0.4, 0.5) is 0 Å². The first-order valence-corrected chi connectivity index (χ1v) is 3.60. The van der Waals surface area contributed by atoms with Crippen molar-refractivity contribution in [3.63, 3.8) is 0 Å². The average Bonchev–Trinajstić information content (AvgIpc) is 2.05. The van der Waals surface area contributed by atoms with Crippen LogP contribution in [0.5, 0.6) is 5.75 Å². The molecular formula is C8H9BO3. The lowest BCUT2D eigenvalue weighted by Gasteiger charge is -2.02. The summed E-state index contributed by atoms with van der Waals surface area (Å²) in [5, 5.41) is 0. The Bertz CT molecular complexity index is 248. The zero-order chi connectivity index (χ0) is 8.81. The number of hydrogen-bond acceptors (Lipinski definition) is 3. The number of para-hydroxylation sites is 1. The van der Waals surface area contributed by atoms with Gasteiger partial charge in [-0.05, 0) is 12.1 Å². The van der Waals surface area contributed by atoms with Gasteiger partial charge in [0.15, 0.2) is 0 Å². The maximum absolute atomic E-state index is 10.3. The first kappa shape index (κ1) is 8.65. The predicted octanol–water partition coefficient (Wildman–Crippen LogP) is 0.895. The van der Waals surface area contributed by atoms with Crippen LogP contribution in [0.25, 0.3) is 0 Å². The highest BCUT2D eigenvalue weighted by Crippen LogP contribution is 2.06. The van der Waals surface area contributed by atoms with Crippen molar-refractivity contribution in [2.45, 2.75) is 6.92 Å². The Morgan fingerprint density at radius 3 is 2.58 bits per heavy atom. The van der Waals surface area contributed by atoms with Crippen LogP contribution in [0.15, 0.2) is 30.3 Å². The second kappa shape index (κ2) is 4.44. The molecule has 1 aromatic carbocycles. The highest BCUT2D eigenvalue weighted by Gasteiger charge is 1.97. The zero-order valence-corrected chi connectivity index (χ0v) is 6.82. The summed E-state index contributed by atoms with van der Waals surface area (Å²) in [6, 6.07) is 9.18. The molecule has 0 bridgehead atoms. The third-order valence-electron chi connectivity index (χ3n) is 1.23. The first-order valence-electron chi connectivity index (χ1n) is 3.60. The number of rotatable bonds is 3. The van der Waals surface area contributed by atoms with Crippen molar-refractivity contribution in [1.82, 2.24) is 0 Å². The summed E-state index contributed by atoms with van der Waals surface area (Å²) in [5.74, 6) is 0.352. The molecule has 0 heterocycles. The van der Waals surface area contributed by atoms with Crippen LogP contribution >= 0.6 is 0 Å². The molecule has 0 N–H and O–H groups in total. The van der Waals surface area contributed by atoms with Gasteiger partial charge in [-0.25, -0.2) is 0 Å². The molecule has 1 rings (SSSR count). The molecule has 0 radical (unpaired) electrons. The molecule has 0 spiro atoms.